The van der Waals surface area contributed by atoms with E-state index in [0.717, 1.165) is 45.6 Å². The lowest BCUT2D eigenvalue weighted by molar-refractivity contribution is 0.179. The van der Waals surface area contributed by atoms with E-state index in [-0.39, 0.29) is 0 Å². The Balaban J connectivity index is 1.24. The Kier molecular flexibility index (Phi) is 11.9. The van der Waals surface area contributed by atoms with Crippen LogP contribution in [0, 0.1) is 0 Å². The van der Waals surface area contributed by atoms with Crippen LogP contribution in [0.5, 0.6) is 23.0 Å². The highest BCUT2D eigenvalue weighted by atomic mass is 16.5. The first kappa shape index (κ1) is 34.3. The van der Waals surface area contributed by atoms with Crippen LogP contribution in [0.15, 0.2) is 183 Å². The molecule has 0 unspecified atom stereocenters. The Morgan fingerprint density at radius 1 is 0.373 bits per heavy atom. The summed E-state index contributed by atoms with van der Waals surface area (Å²) in [7, 11) is 0. The van der Waals surface area contributed by atoms with Crippen LogP contribution in [0.2, 0.25) is 0 Å². The summed E-state index contributed by atoms with van der Waals surface area (Å²) in [6.45, 7) is 8.86. The van der Waals surface area contributed by atoms with Gasteiger partial charge in [-0.1, -0.05) is 67.8 Å². The zero-order chi connectivity index (χ0) is 35.1. The third-order valence-corrected chi connectivity index (χ3v) is 7.76. The van der Waals surface area contributed by atoms with Crippen molar-refractivity contribution in [2.75, 3.05) is 36.2 Å². The molecule has 0 fully saturated rings. The summed E-state index contributed by atoms with van der Waals surface area (Å²) in [5.74, 6) is 2.92. The van der Waals surface area contributed by atoms with Gasteiger partial charge in [0, 0.05) is 52.3 Å². The molecule has 0 aromatic heterocycles. The van der Waals surface area contributed by atoms with Crippen LogP contribution in [-0.2, 0) is 9.47 Å². The number of hydrogen-bond donors (Lipinski definition) is 0. The molecule has 0 bridgehead atoms. The molecule has 0 N–H and O–H groups in total. The monoisotopic (exact) mass is 676 g/mol. The van der Waals surface area contributed by atoms with Gasteiger partial charge in [0.1, 0.15) is 49.4 Å². The number of rotatable bonds is 18. The van der Waals surface area contributed by atoms with Gasteiger partial charge < -0.3 is 33.5 Å². The van der Waals surface area contributed by atoms with Gasteiger partial charge in [-0.2, -0.15) is 0 Å². The predicted octanol–water partition coefficient (Wildman–Crippen LogP) is 11.5. The smallest absolute Gasteiger partial charge is 0.129 e. The molecule has 0 saturated carbocycles. The molecule has 6 rings (SSSR count). The van der Waals surface area contributed by atoms with Gasteiger partial charge >= 0.3 is 0 Å². The van der Waals surface area contributed by atoms with Gasteiger partial charge in [0.25, 0.3) is 0 Å². The number of benzene rings is 6. The Hall–Kier alpha value is -6.60. The quantitative estimate of drug-likeness (QED) is 0.0663. The van der Waals surface area contributed by atoms with Crippen LogP contribution in [-0.4, -0.2) is 26.4 Å². The van der Waals surface area contributed by atoms with Gasteiger partial charge in [-0.05, 0) is 84.9 Å². The minimum atomic E-state index is 0.416. The first-order valence-corrected chi connectivity index (χ1v) is 16.7. The molecule has 0 radical (unpaired) electrons. The van der Waals surface area contributed by atoms with Crippen molar-refractivity contribution in [1.29, 1.82) is 0 Å². The van der Waals surface area contributed by atoms with Crippen LogP contribution in [0.3, 0.4) is 0 Å². The largest absolute Gasteiger partial charge is 0.498 e. The molecule has 0 heterocycles. The van der Waals surface area contributed by atoms with Crippen molar-refractivity contribution >= 4 is 34.1 Å². The number of hydrogen-bond acceptors (Lipinski definition) is 7. The maximum atomic E-state index is 6.44. The Morgan fingerprint density at radius 2 is 0.765 bits per heavy atom. The van der Waals surface area contributed by atoms with Gasteiger partial charge in [-0.15, -0.1) is 0 Å². The maximum Gasteiger partial charge on any atom is 0.129 e. The zero-order valence-corrected chi connectivity index (χ0v) is 28.3. The molecular weight excluding hydrogens is 636 g/mol. The first-order valence-electron chi connectivity index (χ1n) is 16.7. The second-order valence-electron chi connectivity index (χ2n) is 11.2. The Morgan fingerprint density at radius 3 is 1.24 bits per heavy atom. The maximum absolute atomic E-state index is 6.44. The van der Waals surface area contributed by atoms with E-state index in [0.29, 0.717) is 37.9 Å². The van der Waals surface area contributed by atoms with Crippen LogP contribution >= 0.6 is 0 Å². The van der Waals surface area contributed by atoms with E-state index < -0.39 is 0 Å². The summed E-state index contributed by atoms with van der Waals surface area (Å²) in [4.78, 5) is 4.35. The summed E-state index contributed by atoms with van der Waals surface area (Å²) in [5.41, 5.74) is 5.85. The molecule has 0 aliphatic heterocycles. The van der Waals surface area contributed by atoms with Gasteiger partial charge in [-0.3, -0.25) is 0 Å². The number of anilines is 6. The average molecular weight is 677 g/mol. The summed E-state index contributed by atoms with van der Waals surface area (Å²) in [5, 5.41) is 0. The molecule has 0 aliphatic rings. The number of ether oxygens (including phenoxy) is 5. The van der Waals surface area contributed by atoms with Crippen molar-refractivity contribution in [3.63, 3.8) is 0 Å². The van der Waals surface area contributed by atoms with Gasteiger partial charge in [-0.25, -0.2) is 0 Å². The minimum absolute atomic E-state index is 0.416. The standard InChI is InChI=1S/C44H40N2O5/c1-3-47-28-30-49-42-21-11-18-38(32-42)45(35-14-7-5-8-15-35)37-24-26-41(27-25-37)51-44-23-13-20-40(34-44)46(36-16-9-6-10-17-36)39-19-12-22-43(33-39)50-31-29-48-4-2/h3-27,32-34H,1-2,28-31H2. The Labute approximate surface area is 299 Å². The van der Waals surface area contributed by atoms with Crippen molar-refractivity contribution in [3.8, 4) is 23.0 Å². The van der Waals surface area contributed by atoms with Gasteiger partial charge in [0.05, 0.1) is 12.5 Å². The molecule has 7 heteroatoms. The van der Waals surface area contributed by atoms with Crippen molar-refractivity contribution < 1.29 is 23.7 Å². The van der Waals surface area contributed by atoms with E-state index in [9.17, 15) is 0 Å². The van der Waals surface area contributed by atoms with E-state index in [2.05, 4.69) is 77.6 Å². The molecule has 7 nitrogen and oxygen atoms in total. The second-order valence-corrected chi connectivity index (χ2v) is 11.2. The summed E-state index contributed by atoms with van der Waals surface area (Å²) in [6.07, 6.45) is 2.83. The third kappa shape index (κ3) is 9.31. The summed E-state index contributed by atoms with van der Waals surface area (Å²) < 4.78 is 28.7. The second kappa shape index (κ2) is 17.7. The highest BCUT2D eigenvalue weighted by Gasteiger charge is 2.16. The van der Waals surface area contributed by atoms with Crippen LogP contribution in [0.25, 0.3) is 0 Å². The average Bonchev–Trinajstić information content (AvgIpc) is 3.18. The van der Waals surface area contributed by atoms with E-state index in [1.165, 1.54) is 12.5 Å². The highest BCUT2D eigenvalue weighted by molar-refractivity contribution is 5.79. The van der Waals surface area contributed by atoms with Gasteiger partial charge in [0.2, 0.25) is 0 Å². The van der Waals surface area contributed by atoms with Crippen molar-refractivity contribution in [1.82, 2.24) is 0 Å². The first-order chi connectivity index (χ1) is 25.2. The van der Waals surface area contributed by atoms with Crippen molar-refractivity contribution in [2.45, 2.75) is 0 Å². The van der Waals surface area contributed by atoms with Crippen molar-refractivity contribution in [2.24, 2.45) is 0 Å². The van der Waals surface area contributed by atoms with Crippen LogP contribution < -0.4 is 24.0 Å². The zero-order valence-electron chi connectivity index (χ0n) is 28.3. The molecule has 0 atom stereocenters. The van der Waals surface area contributed by atoms with Crippen molar-refractivity contribution in [3.05, 3.63) is 183 Å². The molecule has 0 aliphatic carbocycles. The molecule has 256 valence electrons. The van der Waals surface area contributed by atoms with E-state index in [4.69, 9.17) is 23.7 Å². The fourth-order valence-corrected chi connectivity index (χ4v) is 5.54. The number of para-hydroxylation sites is 2. The lowest BCUT2D eigenvalue weighted by atomic mass is 10.1. The molecule has 0 saturated heterocycles. The normalized spacial score (nSPS) is 10.4. The molecule has 6 aromatic rings. The topological polar surface area (TPSA) is 52.6 Å². The third-order valence-electron chi connectivity index (χ3n) is 7.76. The molecule has 6 aromatic carbocycles. The molecular formula is C44H40N2O5. The van der Waals surface area contributed by atoms with E-state index in [1.807, 2.05) is 103 Å². The summed E-state index contributed by atoms with van der Waals surface area (Å²) in [6, 6.07) is 52.6. The Bertz CT molecular complexity index is 1980. The minimum Gasteiger partial charge on any atom is -0.498 e. The molecule has 0 spiro atoms. The highest BCUT2D eigenvalue weighted by Crippen LogP contribution is 2.40. The fraction of sp³-hybridized carbons (Fsp3) is 0.0909. The fourth-order valence-electron chi connectivity index (χ4n) is 5.54. The lowest BCUT2D eigenvalue weighted by Crippen LogP contribution is -2.11. The lowest BCUT2D eigenvalue weighted by Gasteiger charge is -2.26. The van der Waals surface area contributed by atoms with E-state index in [1.54, 1.807) is 0 Å². The number of nitrogens with zero attached hydrogens (tertiary/aromatic N) is 2. The predicted molar refractivity (Wildman–Crippen MR) is 206 cm³/mol. The van der Waals surface area contributed by atoms with E-state index >= 15 is 0 Å². The molecule has 51 heavy (non-hydrogen) atoms. The van der Waals surface area contributed by atoms with Gasteiger partial charge in [0.15, 0.2) is 0 Å². The molecule has 0 amide bonds. The van der Waals surface area contributed by atoms with Crippen LogP contribution in [0.4, 0.5) is 34.1 Å². The summed E-state index contributed by atoms with van der Waals surface area (Å²) >= 11 is 0. The van der Waals surface area contributed by atoms with Crippen LogP contribution in [0.1, 0.15) is 0 Å². The SMILES string of the molecule is C=COCCOc1cccc(N(c2ccccc2)c2ccc(Oc3cccc(N(c4ccccc4)c4cccc(OCCOC=C)c4)c3)cc2)c1.